The van der Waals surface area contributed by atoms with Crippen molar-refractivity contribution < 1.29 is 0 Å². The summed E-state index contributed by atoms with van der Waals surface area (Å²) in [5, 5.41) is 12.6. The van der Waals surface area contributed by atoms with E-state index in [1.807, 2.05) is 0 Å². The standard InChI is InChI=1S/C67H45N3/c1-7-21-45(22-8-1)41-48(47-23-9-2-10-24-47)42-46-37-39-54-60(43-46)69(51-29-15-5-16-30-51)66-58-35-20-34-57-63(58)62-56(64(54)66)33-19-36-59(62)67-65(57)55-40-38-53(44-61(55)70(67)52-31-17-6-18-32-52)68(49-25-11-3-12-26-49)50-27-13-4-14-28-50/h1-40,42-44H,41H2/b48-42-. The number of fused-ring (bicyclic) bond motifs is 10. The number of para-hydroxylation sites is 4. The lowest BCUT2D eigenvalue weighted by atomic mass is 9.88. The normalized spacial score (nSPS) is 12.1. The maximum Gasteiger partial charge on any atom is 0.0626 e. The lowest BCUT2D eigenvalue weighted by Gasteiger charge is -2.25. The molecule has 3 heteroatoms. The minimum atomic E-state index is 0.839. The SMILES string of the molecule is C(=C(\Cc1ccccc1)c1ccccc1)/c1ccc2c3c4cccc5c4c4c(cccc4c3n(-c3ccccc3)c2c1)c1c2ccc(N(c3ccccc3)c3ccccc3)cc2n(-c2ccccc2)c51. The molecule has 0 radical (unpaired) electrons. The van der Waals surface area contributed by atoms with Gasteiger partial charge in [0.15, 0.2) is 0 Å². The summed E-state index contributed by atoms with van der Waals surface area (Å²) in [7, 11) is 0. The van der Waals surface area contributed by atoms with Crippen LogP contribution in [0.15, 0.2) is 255 Å². The molecule has 0 spiro atoms. The van der Waals surface area contributed by atoms with Crippen LogP contribution in [0.5, 0.6) is 0 Å². The van der Waals surface area contributed by atoms with Crippen molar-refractivity contribution in [3.8, 4) is 11.4 Å². The number of aromatic nitrogens is 2. The number of rotatable bonds is 9. The third kappa shape index (κ3) is 6.29. The molecule has 0 aliphatic heterocycles. The summed E-state index contributed by atoms with van der Waals surface area (Å²) in [6.07, 6.45) is 3.23. The zero-order valence-electron chi connectivity index (χ0n) is 38.4. The second-order valence-corrected chi connectivity index (χ2v) is 18.4. The van der Waals surface area contributed by atoms with Gasteiger partial charge < -0.3 is 14.0 Å². The van der Waals surface area contributed by atoms with Crippen LogP contribution in [0, 0.1) is 0 Å². The smallest absolute Gasteiger partial charge is 0.0626 e. The van der Waals surface area contributed by atoms with E-state index in [2.05, 4.69) is 275 Å². The highest BCUT2D eigenvalue weighted by molar-refractivity contribution is 6.44. The van der Waals surface area contributed by atoms with Crippen molar-refractivity contribution in [2.45, 2.75) is 6.42 Å². The van der Waals surface area contributed by atoms with Crippen LogP contribution >= 0.6 is 0 Å². The Kier molecular flexibility index (Phi) is 9.28. The Morgan fingerprint density at radius 1 is 0.343 bits per heavy atom. The van der Waals surface area contributed by atoms with E-state index in [0.29, 0.717) is 0 Å². The number of allylic oxidation sites excluding steroid dienone is 1. The fourth-order valence-corrected chi connectivity index (χ4v) is 11.5. The molecule has 70 heavy (non-hydrogen) atoms. The topological polar surface area (TPSA) is 13.1 Å². The number of nitrogens with zero attached hydrogens (tertiary/aromatic N) is 3. The van der Waals surface area contributed by atoms with E-state index in [0.717, 1.165) is 34.9 Å². The molecule has 0 unspecified atom stereocenters. The zero-order valence-corrected chi connectivity index (χ0v) is 38.4. The molecule has 0 saturated heterocycles. The van der Waals surface area contributed by atoms with Crippen LogP contribution < -0.4 is 4.90 Å². The predicted molar refractivity (Wildman–Crippen MR) is 298 cm³/mol. The highest BCUT2D eigenvalue weighted by Gasteiger charge is 2.26. The van der Waals surface area contributed by atoms with Crippen molar-refractivity contribution in [2.75, 3.05) is 4.90 Å². The molecule has 3 nitrogen and oxygen atoms in total. The van der Waals surface area contributed by atoms with Gasteiger partial charge in [-0.05, 0) is 106 Å². The van der Waals surface area contributed by atoms with Gasteiger partial charge in [0.1, 0.15) is 0 Å². The highest BCUT2D eigenvalue weighted by atomic mass is 15.1. The van der Waals surface area contributed by atoms with E-state index in [1.165, 1.54) is 98.2 Å². The van der Waals surface area contributed by atoms with E-state index >= 15 is 0 Å². The predicted octanol–water partition coefficient (Wildman–Crippen LogP) is 18.0. The van der Waals surface area contributed by atoms with Crippen molar-refractivity contribution in [3.63, 3.8) is 0 Å². The molecule has 328 valence electrons. The summed E-state index contributed by atoms with van der Waals surface area (Å²) in [6.45, 7) is 0. The first kappa shape index (κ1) is 39.9. The Balaban J connectivity index is 1.09. The highest BCUT2D eigenvalue weighted by Crippen LogP contribution is 2.51. The van der Waals surface area contributed by atoms with Gasteiger partial charge in [-0.2, -0.15) is 0 Å². The first-order chi connectivity index (χ1) is 34.8. The van der Waals surface area contributed by atoms with Crippen molar-refractivity contribution in [3.05, 3.63) is 271 Å². The number of hydrogen-bond acceptors (Lipinski definition) is 1. The summed E-state index contributed by atoms with van der Waals surface area (Å²) < 4.78 is 5.05. The summed E-state index contributed by atoms with van der Waals surface area (Å²) >= 11 is 0. The fraction of sp³-hybridized carbons (Fsp3) is 0.0149. The van der Waals surface area contributed by atoms with E-state index in [1.54, 1.807) is 0 Å². The quantitative estimate of drug-likeness (QED) is 0.104. The lowest BCUT2D eigenvalue weighted by molar-refractivity contribution is 1.18. The van der Waals surface area contributed by atoms with Crippen LogP contribution in [0.3, 0.4) is 0 Å². The summed E-state index contributed by atoms with van der Waals surface area (Å²) in [5.74, 6) is 0. The fourth-order valence-electron chi connectivity index (χ4n) is 11.5. The Morgan fingerprint density at radius 3 is 1.31 bits per heavy atom. The molecule has 0 aliphatic rings. The van der Waals surface area contributed by atoms with E-state index in [9.17, 15) is 0 Å². The summed E-state index contributed by atoms with van der Waals surface area (Å²) in [5.41, 5.74) is 15.4. The molecule has 12 aromatic carbocycles. The van der Waals surface area contributed by atoms with Gasteiger partial charge in [-0.15, -0.1) is 0 Å². The largest absolute Gasteiger partial charge is 0.310 e. The lowest BCUT2D eigenvalue weighted by Crippen LogP contribution is -2.09. The summed E-state index contributed by atoms with van der Waals surface area (Å²) in [4.78, 5) is 2.37. The van der Waals surface area contributed by atoms with Crippen LogP contribution in [0.25, 0.3) is 99.0 Å². The molecule has 2 heterocycles. The van der Waals surface area contributed by atoms with E-state index in [4.69, 9.17) is 0 Å². The van der Waals surface area contributed by atoms with Gasteiger partial charge >= 0.3 is 0 Å². The van der Waals surface area contributed by atoms with Gasteiger partial charge in [-0.1, -0.05) is 194 Å². The second kappa shape index (κ2) is 16.3. The van der Waals surface area contributed by atoms with Crippen LogP contribution in [0.4, 0.5) is 17.1 Å². The number of anilines is 3. The number of benzene rings is 12. The third-order valence-electron chi connectivity index (χ3n) is 14.4. The Morgan fingerprint density at radius 2 is 0.786 bits per heavy atom. The van der Waals surface area contributed by atoms with Gasteiger partial charge in [0.05, 0.1) is 22.1 Å². The Bertz CT molecular complexity index is 4230. The van der Waals surface area contributed by atoms with Gasteiger partial charge in [-0.3, -0.25) is 0 Å². The van der Waals surface area contributed by atoms with Crippen molar-refractivity contribution >= 4 is 105 Å². The van der Waals surface area contributed by atoms with Crippen LogP contribution in [-0.4, -0.2) is 9.13 Å². The first-order valence-corrected chi connectivity index (χ1v) is 24.2. The molecule has 0 atom stereocenters. The zero-order chi connectivity index (χ0) is 46.1. The molecule has 0 fully saturated rings. The average molecular weight is 892 g/mol. The Hall–Kier alpha value is -9.18. The van der Waals surface area contributed by atoms with Crippen molar-refractivity contribution in [1.82, 2.24) is 9.13 Å². The monoisotopic (exact) mass is 891 g/mol. The van der Waals surface area contributed by atoms with Crippen LogP contribution in [0.2, 0.25) is 0 Å². The second-order valence-electron chi connectivity index (χ2n) is 18.4. The minimum absolute atomic E-state index is 0.839. The molecule has 0 N–H and O–H groups in total. The Labute approximate surface area is 406 Å². The van der Waals surface area contributed by atoms with Gasteiger partial charge in [0.25, 0.3) is 0 Å². The molecular formula is C67H45N3. The minimum Gasteiger partial charge on any atom is -0.310 e. The molecule has 14 aromatic rings. The molecule has 0 amide bonds. The van der Waals surface area contributed by atoms with Crippen molar-refractivity contribution in [1.29, 1.82) is 0 Å². The van der Waals surface area contributed by atoms with Gasteiger partial charge in [-0.25, -0.2) is 0 Å². The van der Waals surface area contributed by atoms with E-state index < -0.39 is 0 Å². The molecule has 2 aromatic heterocycles. The van der Waals surface area contributed by atoms with Gasteiger partial charge in [0.2, 0.25) is 0 Å². The van der Waals surface area contributed by atoms with E-state index in [-0.39, 0.29) is 0 Å². The molecule has 0 saturated carbocycles. The van der Waals surface area contributed by atoms with Crippen molar-refractivity contribution in [2.24, 2.45) is 0 Å². The average Bonchev–Trinajstić information content (AvgIpc) is 3.96. The maximum atomic E-state index is 2.53. The molecular weight excluding hydrogens is 847 g/mol. The molecule has 0 bridgehead atoms. The number of hydrogen-bond donors (Lipinski definition) is 0. The molecule has 14 rings (SSSR count). The maximum absolute atomic E-state index is 2.53. The first-order valence-electron chi connectivity index (χ1n) is 24.2. The van der Waals surface area contributed by atoms with Crippen LogP contribution in [0.1, 0.15) is 16.7 Å². The van der Waals surface area contributed by atoms with Gasteiger partial charge in [0, 0.05) is 71.5 Å². The molecule has 0 aliphatic carbocycles. The third-order valence-corrected chi connectivity index (χ3v) is 14.4. The van der Waals surface area contributed by atoms with Crippen LogP contribution in [-0.2, 0) is 6.42 Å². The summed E-state index contributed by atoms with van der Waals surface area (Å²) in [6, 6.07) is 93.1.